The molecule has 0 atom stereocenters. The molecule has 0 saturated heterocycles. The van der Waals surface area contributed by atoms with Crippen molar-refractivity contribution < 1.29 is 47.9 Å². The SMILES string of the molecule is COc1ccccc1-c1ccncc1-c1cc[nH]c1-c1cc(S(=O)(=O)C(F)(F)F)cc(S(=O)(=O)C(F)(F)F)c1. The van der Waals surface area contributed by atoms with E-state index in [0.717, 1.165) is 0 Å². The number of benzene rings is 2. The van der Waals surface area contributed by atoms with Gasteiger partial charge in [-0.2, -0.15) is 26.3 Å². The summed E-state index contributed by atoms with van der Waals surface area (Å²) in [5.41, 5.74) is -10.9. The van der Waals surface area contributed by atoms with Crippen LogP contribution in [0, 0.1) is 0 Å². The highest BCUT2D eigenvalue weighted by Gasteiger charge is 2.50. The number of alkyl halides is 6. The lowest BCUT2D eigenvalue weighted by molar-refractivity contribution is -0.0438. The van der Waals surface area contributed by atoms with Gasteiger partial charge in [0.1, 0.15) is 5.75 Å². The Morgan fingerprint density at radius 2 is 1.33 bits per heavy atom. The second kappa shape index (κ2) is 9.72. The smallest absolute Gasteiger partial charge is 0.496 e. The number of nitrogens with one attached hydrogen (secondary N) is 1. The van der Waals surface area contributed by atoms with E-state index in [0.29, 0.717) is 34.6 Å². The summed E-state index contributed by atoms with van der Waals surface area (Å²) in [6, 6.07) is 10.5. The van der Waals surface area contributed by atoms with Gasteiger partial charge in [-0.05, 0) is 42.0 Å². The first kappa shape index (κ1) is 28.2. The first-order valence-electron chi connectivity index (χ1n) is 10.6. The summed E-state index contributed by atoms with van der Waals surface area (Å²) in [5, 5.41) is 0. The highest BCUT2D eigenvalue weighted by molar-refractivity contribution is 7.93. The summed E-state index contributed by atoms with van der Waals surface area (Å²) in [7, 11) is -11.0. The summed E-state index contributed by atoms with van der Waals surface area (Å²) in [4.78, 5) is 3.35. The molecule has 39 heavy (non-hydrogen) atoms. The number of ether oxygens (including phenoxy) is 1. The molecule has 0 fully saturated rings. The van der Waals surface area contributed by atoms with E-state index >= 15 is 0 Å². The Labute approximate surface area is 217 Å². The average Bonchev–Trinajstić information content (AvgIpc) is 3.37. The van der Waals surface area contributed by atoms with Gasteiger partial charge in [0.25, 0.3) is 19.7 Å². The molecule has 7 nitrogen and oxygen atoms in total. The van der Waals surface area contributed by atoms with Gasteiger partial charge in [0.05, 0.1) is 22.6 Å². The van der Waals surface area contributed by atoms with Gasteiger partial charge in [-0.15, -0.1) is 0 Å². The topological polar surface area (TPSA) is 106 Å². The molecule has 0 spiro atoms. The van der Waals surface area contributed by atoms with E-state index in [4.69, 9.17) is 4.74 Å². The molecule has 0 unspecified atom stereocenters. The number of para-hydroxylation sites is 1. The quantitative estimate of drug-likeness (QED) is 0.276. The van der Waals surface area contributed by atoms with Crippen LogP contribution in [0.15, 0.2) is 83.0 Å². The predicted octanol–water partition coefficient (Wildman–Crippen LogP) is 6.01. The lowest BCUT2D eigenvalue weighted by Gasteiger charge is -2.16. The van der Waals surface area contributed by atoms with Crippen molar-refractivity contribution in [3.63, 3.8) is 0 Å². The van der Waals surface area contributed by atoms with Crippen LogP contribution in [0.4, 0.5) is 26.3 Å². The normalized spacial score (nSPS) is 12.9. The van der Waals surface area contributed by atoms with Crippen LogP contribution in [0.3, 0.4) is 0 Å². The summed E-state index contributed by atoms with van der Waals surface area (Å²) >= 11 is 0. The maximum atomic E-state index is 13.3. The van der Waals surface area contributed by atoms with E-state index in [1.807, 2.05) is 0 Å². The van der Waals surface area contributed by atoms with Crippen molar-refractivity contribution in [1.29, 1.82) is 0 Å². The molecular formula is C24H16F6N2O5S2. The fraction of sp³-hybridized carbons (Fsp3) is 0.125. The zero-order valence-corrected chi connectivity index (χ0v) is 21.1. The molecule has 0 bridgehead atoms. The molecule has 2 heterocycles. The third-order valence-electron chi connectivity index (χ3n) is 5.65. The Balaban J connectivity index is 2.02. The second-order valence-electron chi connectivity index (χ2n) is 7.98. The number of sulfone groups is 2. The van der Waals surface area contributed by atoms with Crippen LogP contribution in [0.25, 0.3) is 33.5 Å². The molecule has 0 aliphatic carbocycles. The number of aromatic amines is 1. The number of H-pyrrole nitrogens is 1. The minimum Gasteiger partial charge on any atom is -0.496 e. The third-order valence-corrected chi connectivity index (χ3v) is 8.59. The van der Waals surface area contributed by atoms with Crippen molar-refractivity contribution in [3.8, 4) is 39.3 Å². The molecule has 206 valence electrons. The van der Waals surface area contributed by atoms with E-state index < -0.39 is 46.0 Å². The molecule has 0 amide bonds. The van der Waals surface area contributed by atoms with Crippen molar-refractivity contribution in [1.82, 2.24) is 9.97 Å². The van der Waals surface area contributed by atoms with Crippen LogP contribution in [0.1, 0.15) is 0 Å². The van der Waals surface area contributed by atoms with Crippen molar-refractivity contribution in [3.05, 3.63) is 73.2 Å². The van der Waals surface area contributed by atoms with Crippen molar-refractivity contribution in [2.75, 3.05) is 7.11 Å². The van der Waals surface area contributed by atoms with Gasteiger partial charge in [0.2, 0.25) is 0 Å². The second-order valence-corrected chi connectivity index (χ2v) is 11.9. The van der Waals surface area contributed by atoms with Crippen molar-refractivity contribution in [2.24, 2.45) is 0 Å². The van der Waals surface area contributed by atoms with Gasteiger partial charge >= 0.3 is 11.0 Å². The average molecular weight is 591 g/mol. The molecule has 0 aliphatic rings. The van der Waals surface area contributed by atoms with Gasteiger partial charge < -0.3 is 9.72 Å². The molecule has 2 aromatic carbocycles. The largest absolute Gasteiger partial charge is 0.501 e. The number of pyridine rings is 1. The highest BCUT2D eigenvalue weighted by Crippen LogP contribution is 2.42. The van der Waals surface area contributed by atoms with Crippen LogP contribution in [0.2, 0.25) is 0 Å². The fourth-order valence-corrected chi connectivity index (χ4v) is 5.58. The molecule has 4 aromatic rings. The molecule has 15 heteroatoms. The van der Waals surface area contributed by atoms with E-state index in [2.05, 4.69) is 9.97 Å². The van der Waals surface area contributed by atoms with E-state index in [-0.39, 0.29) is 17.3 Å². The van der Waals surface area contributed by atoms with Crippen LogP contribution in [0.5, 0.6) is 5.75 Å². The predicted molar refractivity (Wildman–Crippen MR) is 128 cm³/mol. The van der Waals surface area contributed by atoms with Gasteiger partial charge in [-0.3, -0.25) is 4.98 Å². The zero-order valence-electron chi connectivity index (χ0n) is 19.5. The fourth-order valence-electron chi connectivity index (χ4n) is 3.84. The van der Waals surface area contributed by atoms with E-state index in [1.165, 1.54) is 31.8 Å². The van der Waals surface area contributed by atoms with Crippen LogP contribution in [-0.2, 0) is 19.7 Å². The Morgan fingerprint density at radius 1 is 0.744 bits per heavy atom. The Hall–Kier alpha value is -3.85. The summed E-state index contributed by atoms with van der Waals surface area (Å²) in [6.45, 7) is 0. The number of aromatic nitrogens is 2. The highest BCUT2D eigenvalue weighted by atomic mass is 32.2. The first-order valence-corrected chi connectivity index (χ1v) is 13.6. The molecule has 0 saturated carbocycles. The molecule has 2 aromatic heterocycles. The van der Waals surface area contributed by atoms with E-state index in [9.17, 15) is 43.2 Å². The van der Waals surface area contributed by atoms with Gasteiger partial charge in [-0.25, -0.2) is 16.8 Å². The first-order chi connectivity index (χ1) is 18.1. The lowest BCUT2D eigenvalue weighted by atomic mass is 9.94. The van der Waals surface area contributed by atoms with E-state index in [1.54, 1.807) is 30.3 Å². The Morgan fingerprint density at radius 3 is 1.90 bits per heavy atom. The molecule has 1 N–H and O–H groups in total. The van der Waals surface area contributed by atoms with Crippen molar-refractivity contribution >= 4 is 19.7 Å². The summed E-state index contributed by atoms with van der Waals surface area (Å²) in [6.07, 6.45) is 4.12. The van der Waals surface area contributed by atoms with Crippen molar-refractivity contribution in [2.45, 2.75) is 20.8 Å². The molecule has 0 radical (unpaired) electrons. The maximum absolute atomic E-state index is 13.3. The number of rotatable bonds is 6. The number of hydrogen-bond acceptors (Lipinski definition) is 6. The summed E-state index contributed by atoms with van der Waals surface area (Å²) < 4.78 is 134. The van der Waals surface area contributed by atoms with Gasteiger partial charge in [0, 0.05) is 40.8 Å². The summed E-state index contributed by atoms with van der Waals surface area (Å²) in [5.74, 6) is 0.443. The Kier molecular flexibility index (Phi) is 7.02. The van der Waals surface area contributed by atoms with Gasteiger partial charge in [0.15, 0.2) is 0 Å². The number of halogens is 6. The van der Waals surface area contributed by atoms with Gasteiger partial charge in [-0.1, -0.05) is 18.2 Å². The number of nitrogens with zero attached hydrogens (tertiary/aromatic N) is 1. The minimum atomic E-state index is -6.23. The van der Waals surface area contributed by atoms with Crippen LogP contribution < -0.4 is 4.74 Å². The number of methoxy groups -OCH3 is 1. The minimum absolute atomic E-state index is 0.156. The maximum Gasteiger partial charge on any atom is 0.501 e. The van der Waals surface area contributed by atoms with Crippen LogP contribution >= 0.6 is 0 Å². The molecule has 0 aliphatic heterocycles. The zero-order chi connectivity index (χ0) is 28.8. The molecular weight excluding hydrogens is 574 g/mol. The lowest BCUT2D eigenvalue weighted by Crippen LogP contribution is -2.26. The van der Waals surface area contributed by atoms with Crippen LogP contribution in [-0.4, -0.2) is 44.9 Å². The Bertz CT molecular complexity index is 1700. The molecule has 4 rings (SSSR count). The standard InChI is InChI=1S/C24H16F6N2O5S2/c1-37-21-5-3-2-4-18(21)17-6-8-31-13-20(17)19-7-9-32-22(19)14-10-15(38(33,34)23(25,26)27)12-16(11-14)39(35,36)24(28,29)30/h2-13,32H,1H3. The number of hydrogen-bond donors (Lipinski definition) is 1. The monoisotopic (exact) mass is 590 g/mol. The third kappa shape index (κ3) is 4.98.